The minimum Gasteiger partial charge on any atom is -0.445 e. The largest absolute Gasteiger partial charge is 0.445 e. The number of carbonyl (C=O) groups is 4. The third kappa shape index (κ3) is 8.70. The van der Waals surface area contributed by atoms with Crippen molar-refractivity contribution in [2.24, 2.45) is 22.4 Å². The van der Waals surface area contributed by atoms with Gasteiger partial charge in [-0.1, -0.05) is 44.2 Å². The van der Waals surface area contributed by atoms with Crippen molar-refractivity contribution in [2.45, 2.75) is 64.3 Å². The molecule has 0 spiro atoms. The SMILES string of the molecule is CC(C)C(C(=O)N1CCCC1C(=O)NC(CCCN=C(N)N)C(=O)CF)N(C)C(=O)OCc1ccccc1. The zero-order valence-electron chi connectivity index (χ0n) is 22.3. The molecule has 12 heteroatoms. The van der Waals surface area contributed by atoms with E-state index in [1.54, 1.807) is 13.8 Å². The molecule has 3 amide bonds. The standard InChI is InChI=1S/C26H39FN6O5/c1-17(2)22(32(3)26(37)38-16-18-9-5-4-6-10-18)24(36)33-14-8-12-20(33)23(35)31-19(21(34)15-27)11-7-13-30-25(28)29/h4-6,9-10,17,19-20,22H,7-8,11-16H2,1-3H3,(H,31,35)(H4,28,29,30). The molecule has 0 aromatic heterocycles. The molecule has 210 valence electrons. The van der Waals surface area contributed by atoms with Crippen LogP contribution in [0.1, 0.15) is 45.1 Å². The summed E-state index contributed by atoms with van der Waals surface area (Å²) in [5.41, 5.74) is 11.4. The van der Waals surface area contributed by atoms with Crippen molar-refractivity contribution in [3.05, 3.63) is 35.9 Å². The number of nitrogens with zero attached hydrogens (tertiary/aromatic N) is 3. The number of carbonyl (C=O) groups excluding carboxylic acids is 4. The van der Waals surface area contributed by atoms with Crippen LogP contribution >= 0.6 is 0 Å². The molecule has 1 fully saturated rings. The van der Waals surface area contributed by atoms with E-state index in [-0.39, 0.29) is 31.4 Å². The Bertz CT molecular complexity index is 986. The topological polar surface area (TPSA) is 160 Å². The van der Waals surface area contributed by atoms with Crippen molar-refractivity contribution in [3.8, 4) is 0 Å². The molecule has 5 N–H and O–H groups in total. The molecule has 0 radical (unpaired) electrons. The van der Waals surface area contributed by atoms with Crippen LogP contribution in [0.15, 0.2) is 35.3 Å². The molecular formula is C26H39FN6O5. The normalized spacial score (nSPS) is 16.4. The summed E-state index contributed by atoms with van der Waals surface area (Å²) in [4.78, 5) is 58.1. The van der Waals surface area contributed by atoms with E-state index in [9.17, 15) is 23.6 Å². The summed E-state index contributed by atoms with van der Waals surface area (Å²) in [6.07, 6.45) is 0.803. The van der Waals surface area contributed by atoms with E-state index in [4.69, 9.17) is 16.2 Å². The van der Waals surface area contributed by atoms with E-state index >= 15 is 0 Å². The van der Waals surface area contributed by atoms with Crippen molar-refractivity contribution >= 4 is 29.7 Å². The number of ketones is 1. The number of ether oxygens (including phenoxy) is 1. The van der Waals surface area contributed by atoms with Crippen molar-refractivity contribution in [3.63, 3.8) is 0 Å². The summed E-state index contributed by atoms with van der Waals surface area (Å²) in [7, 11) is 1.49. The highest BCUT2D eigenvalue weighted by Gasteiger charge is 2.41. The predicted octanol–water partition coefficient (Wildman–Crippen LogP) is 1.35. The number of amides is 3. The molecular weight excluding hydrogens is 495 g/mol. The van der Waals surface area contributed by atoms with Crippen LogP contribution in [0.3, 0.4) is 0 Å². The fourth-order valence-electron chi connectivity index (χ4n) is 4.48. The van der Waals surface area contributed by atoms with Gasteiger partial charge in [0, 0.05) is 20.1 Å². The molecule has 1 aliphatic heterocycles. The summed E-state index contributed by atoms with van der Waals surface area (Å²) in [5, 5.41) is 2.60. The number of nitrogens with two attached hydrogens (primary N) is 2. The Hall–Kier alpha value is -3.70. The smallest absolute Gasteiger partial charge is 0.410 e. The van der Waals surface area contributed by atoms with Crippen LogP contribution in [0.5, 0.6) is 0 Å². The highest BCUT2D eigenvalue weighted by molar-refractivity contribution is 5.95. The molecule has 0 aliphatic carbocycles. The Labute approximate surface area is 222 Å². The van der Waals surface area contributed by atoms with Gasteiger partial charge in [-0.15, -0.1) is 0 Å². The van der Waals surface area contributed by atoms with Gasteiger partial charge in [0.15, 0.2) is 11.7 Å². The van der Waals surface area contributed by atoms with Crippen LogP contribution in [-0.4, -0.2) is 84.4 Å². The minimum absolute atomic E-state index is 0.0605. The molecule has 1 heterocycles. The fraction of sp³-hybridized carbons (Fsp3) is 0.577. The lowest BCUT2D eigenvalue weighted by atomic mass is 10.0. The Morgan fingerprint density at radius 2 is 1.89 bits per heavy atom. The van der Waals surface area contributed by atoms with Crippen molar-refractivity contribution in [2.75, 3.05) is 26.8 Å². The van der Waals surface area contributed by atoms with Crippen molar-refractivity contribution < 1.29 is 28.3 Å². The highest BCUT2D eigenvalue weighted by Crippen LogP contribution is 2.23. The van der Waals surface area contributed by atoms with Crippen LogP contribution < -0.4 is 16.8 Å². The first-order chi connectivity index (χ1) is 18.1. The number of hydrogen-bond acceptors (Lipinski definition) is 6. The number of hydrogen-bond donors (Lipinski definition) is 3. The summed E-state index contributed by atoms with van der Waals surface area (Å²) < 4.78 is 18.6. The molecule has 0 bridgehead atoms. The Balaban J connectivity index is 2.07. The number of Topliss-reactive ketones (excluding diaryl/α,β-unsaturated/α-hetero) is 1. The molecule has 1 aliphatic rings. The Kier molecular flexibility index (Phi) is 12.0. The summed E-state index contributed by atoms with van der Waals surface area (Å²) in [6, 6.07) is 6.41. The van der Waals surface area contributed by atoms with Crippen molar-refractivity contribution in [1.29, 1.82) is 0 Å². The molecule has 3 atom stereocenters. The van der Waals surface area contributed by atoms with Gasteiger partial charge in [0.1, 0.15) is 25.4 Å². The molecule has 0 saturated carbocycles. The van der Waals surface area contributed by atoms with E-state index in [0.717, 1.165) is 5.56 Å². The Morgan fingerprint density at radius 1 is 1.21 bits per heavy atom. The van der Waals surface area contributed by atoms with Crippen LogP contribution in [0.2, 0.25) is 0 Å². The second-order valence-electron chi connectivity index (χ2n) is 9.64. The first-order valence-electron chi connectivity index (χ1n) is 12.7. The lowest BCUT2D eigenvalue weighted by Crippen LogP contribution is -2.57. The summed E-state index contributed by atoms with van der Waals surface area (Å²) in [5.74, 6) is -2.06. The van der Waals surface area contributed by atoms with E-state index < -0.39 is 48.5 Å². The predicted molar refractivity (Wildman–Crippen MR) is 141 cm³/mol. The molecule has 2 rings (SSSR count). The molecule has 1 aromatic carbocycles. The van der Waals surface area contributed by atoms with Gasteiger partial charge >= 0.3 is 6.09 Å². The average molecular weight is 535 g/mol. The first kappa shape index (κ1) is 30.5. The lowest BCUT2D eigenvalue weighted by molar-refractivity contribution is -0.143. The summed E-state index contributed by atoms with van der Waals surface area (Å²) >= 11 is 0. The number of likely N-dealkylation sites (tertiary alicyclic amines) is 1. The van der Waals surface area contributed by atoms with Crippen LogP contribution in [0, 0.1) is 5.92 Å². The van der Waals surface area contributed by atoms with Gasteiger partial charge in [0.05, 0.1) is 6.04 Å². The average Bonchev–Trinajstić information content (AvgIpc) is 3.39. The van der Waals surface area contributed by atoms with Gasteiger partial charge in [-0.3, -0.25) is 24.3 Å². The zero-order chi connectivity index (χ0) is 28.2. The second kappa shape index (κ2) is 14.9. The summed E-state index contributed by atoms with van der Waals surface area (Å²) in [6.45, 7) is 2.99. The number of likely N-dealkylation sites (N-methyl/N-ethyl adjacent to an activating group) is 1. The van der Waals surface area contributed by atoms with Crippen LogP contribution in [0.25, 0.3) is 0 Å². The molecule has 1 saturated heterocycles. The minimum atomic E-state index is -1.23. The van der Waals surface area contributed by atoms with Crippen molar-refractivity contribution in [1.82, 2.24) is 15.1 Å². The van der Waals surface area contributed by atoms with E-state index in [0.29, 0.717) is 25.8 Å². The van der Waals surface area contributed by atoms with Gasteiger partial charge in [0.25, 0.3) is 0 Å². The number of aliphatic imine (C=N–C) groups is 1. The monoisotopic (exact) mass is 534 g/mol. The number of halogens is 1. The fourth-order valence-corrected chi connectivity index (χ4v) is 4.48. The number of alkyl halides is 1. The number of nitrogens with one attached hydrogen (secondary N) is 1. The third-order valence-corrected chi connectivity index (χ3v) is 6.42. The van der Waals surface area contributed by atoms with Gasteiger partial charge < -0.3 is 26.4 Å². The van der Waals surface area contributed by atoms with Gasteiger partial charge in [-0.05, 0) is 37.2 Å². The molecule has 1 aromatic rings. The van der Waals surface area contributed by atoms with E-state index in [1.165, 1.54) is 16.8 Å². The zero-order valence-corrected chi connectivity index (χ0v) is 22.3. The Morgan fingerprint density at radius 3 is 2.50 bits per heavy atom. The van der Waals surface area contributed by atoms with Crippen LogP contribution in [0.4, 0.5) is 9.18 Å². The molecule has 38 heavy (non-hydrogen) atoms. The first-order valence-corrected chi connectivity index (χ1v) is 12.7. The van der Waals surface area contributed by atoms with Gasteiger partial charge in [0.2, 0.25) is 11.8 Å². The molecule has 11 nitrogen and oxygen atoms in total. The quantitative estimate of drug-likeness (QED) is 0.196. The van der Waals surface area contributed by atoms with E-state index in [2.05, 4.69) is 10.3 Å². The highest BCUT2D eigenvalue weighted by atomic mass is 19.1. The lowest BCUT2D eigenvalue weighted by Gasteiger charge is -2.35. The van der Waals surface area contributed by atoms with Gasteiger partial charge in [-0.25, -0.2) is 9.18 Å². The van der Waals surface area contributed by atoms with Gasteiger partial charge in [-0.2, -0.15) is 0 Å². The van der Waals surface area contributed by atoms with Crippen LogP contribution in [-0.2, 0) is 25.7 Å². The van der Waals surface area contributed by atoms with E-state index in [1.807, 2.05) is 30.3 Å². The number of rotatable bonds is 13. The maximum atomic E-state index is 13.6. The second-order valence-corrected chi connectivity index (χ2v) is 9.64. The maximum Gasteiger partial charge on any atom is 0.410 e. The third-order valence-electron chi connectivity index (χ3n) is 6.42. The maximum absolute atomic E-state index is 13.6. The number of benzene rings is 1. The number of guanidine groups is 1. The molecule has 3 unspecified atom stereocenters.